The van der Waals surface area contributed by atoms with E-state index in [9.17, 15) is 22.0 Å². The number of carbonyl (C=O) groups is 1. The van der Waals surface area contributed by atoms with Gasteiger partial charge in [-0.25, -0.2) is 17.2 Å². The van der Waals surface area contributed by atoms with E-state index in [1.54, 1.807) is 0 Å². The molecule has 0 saturated carbocycles. The van der Waals surface area contributed by atoms with E-state index < -0.39 is 38.0 Å². The summed E-state index contributed by atoms with van der Waals surface area (Å²) < 4.78 is 50.1. The molecular formula is C16H23F2NO3S. The number of rotatable bonds is 8. The van der Waals surface area contributed by atoms with Gasteiger partial charge in [0.15, 0.2) is 21.5 Å². The van der Waals surface area contributed by atoms with E-state index in [1.165, 1.54) is 0 Å². The summed E-state index contributed by atoms with van der Waals surface area (Å²) in [6, 6.07) is 2.13. The minimum atomic E-state index is -4.00. The summed E-state index contributed by atoms with van der Waals surface area (Å²) in [4.78, 5) is 11.4. The van der Waals surface area contributed by atoms with Gasteiger partial charge in [0.1, 0.15) is 5.75 Å². The number of hydrogen-bond donors (Lipinski definition) is 1. The van der Waals surface area contributed by atoms with Gasteiger partial charge in [-0.1, -0.05) is 26.7 Å². The molecule has 0 fully saturated rings. The molecule has 1 unspecified atom stereocenters. The van der Waals surface area contributed by atoms with Crippen LogP contribution in [0.25, 0.3) is 0 Å². The third kappa shape index (κ3) is 6.64. The lowest BCUT2D eigenvalue weighted by molar-refractivity contribution is -0.119. The highest BCUT2D eigenvalue weighted by atomic mass is 32.2. The van der Waals surface area contributed by atoms with Crippen LogP contribution in [0, 0.1) is 17.6 Å². The molecule has 0 aromatic heterocycles. The molecule has 0 aliphatic carbocycles. The van der Waals surface area contributed by atoms with Crippen molar-refractivity contribution in [3.05, 3.63) is 29.8 Å². The molecule has 1 amide bonds. The van der Waals surface area contributed by atoms with Crippen molar-refractivity contribution in [3.63, 3.8) is 0 Å². The lowest BCUT2D eigenvalue weighted by Gasteiger charge is -2.14. The summed E-state index contributed by atoms with van der Waals surface area (Å²) in [5, 5.41) is 2.62. The molecule has 1 N–H and O–H groups in total. The van der Waals surface area contributed by atoms with Crippen LogP contribution < -0.4 is 5.32 Å². The molecule has 7 heteroatoms. The summed E-state index contributed by atoms with van der Waals surface area (Å²) in [7, 11) is -4.00. The van der Waals surface area contributed by atoms with E-state index in [2.05, 4.69) is 19.2 Å². The maximum atomic E-state index is 13.1. The van der Waals surface area contributed by atoms with Gasteiger partial charge in [0, 0.05) is 6.04 Å². The van der Waals surface area contributed by atoms with E-state index in [1.807, 2.05) is 6.92 Å². The van der Waals surface area contributed by atoms with Crippen molar-refractivity contribution in [1.82, 2.24) is 5.32 Å². The molecule has 1 aromatic carbocycles. The first-order valence-corrected chi connectivity index (χ1v) is 9.24. The first-order chi connectivity index (χ1) is 10.6. The van der Waals surface area contributed by atoms with Gasteiger partial charge in [0.2, 0.25) is 5.91 Å². The Morgan fingerprint density at radius 3 is 2.35 bits per heavy atom. The average molecular weight is 347 g/mol. The van der Waals surface area contributed by atoms with Crippen molar-refractivity contribution in [3.8, 4) is 0 Å². The fourth-order valence-corrected chi connectivity index (χ4v) is 3.30. The summed E-state index contributed by atoms with van der Waals surface area (Å²) in [6.07, 6.45) is 2.73. The predicted molar refractivity (Wildman–Crippen MR) is 84.7 cm³/mol. The Balaban J connectivity index is 2.59. The zero-order valence-electron chi connectivity index (χ0n) is 13.6. The highest BCUT2D eigenvalue weighted by Crippen LogP contribution is 2.15. The SMILES string of the molecule is CC(C)CCCC(C)NC(=O)CS(=O)(=O)c1ccc(F)c(F)c1. The fourth-order valence-electron chi connectivity index (χ4n) is 2.15. The molecular weight excluding hydrogens is 324 g/mol. The summed E-state index contributed by atoms with van der Waals surface area (Å²) in [5.41, 5.74) is 0. The molecule has 1 rings (SSSR count). The molecule has 1 atom stereocenters. The van der Waals surface area contributed by atoms with Crippen LogP contribution in [-0.4, -0.2) is 26.1 Å². The van der Waals surface area contributed by atoms with Crippen LogP contribution in [0.15, 0.2) is 23.1 Å². The lowest BCUT2D eigenvalue weighted by atomic mass is 10.0. The first-order valence-electron chi connectivity index (χ1n) is 7.59. The quantitative estimate of drug-likeness (QED) is 0.735. The standard InChI is InChI=1S/C16H23F2NO3S/c1-11(2)5-4-6-12(3)19-16(20)10-23(21,22)13-7-8-14(17)15(18)9-13/h7-9,11-12H,4-6,10H2,1-3H3,(H,19,20). The molecule has 0 aliphatic rings. The van der Waals surface area contributed by atoms with Crippen LogP contribution in [0.4, 0.5) is 8.78 Å². The summed E-state index contributed by atoms with van der Waals surface area (Å²) in [6.45, 7) is 6.03. The fraction of sp³-hybridized carbons (Fsp3) is 0.562. The zero-order chi connectivity index (χ0) is 17.6. The van der Waals surface area contributed by atoms with Gasteiger partial charge in [-0.05, 0) is 37.5 Å². The molecule has 23 heavy (non-hydrogen) atoms. The van der Waals surface area contributed by atoms with Gasteiger partial charge >= 0.3 is 0 Å². The summed E-state index contributed by atoms with van der Waals surface area (Å²) >= 11 is 0. The number of sulfone groups is 1. The van der Waals surface area contributed by atoms with E-state index in [0.29, 0.717) is 12.0 Å². The summed E-state index contributed by atoms with van der Waals surface area (Å²) in [5.74, 6) is -3.24. The highest BCUT2D eigenvalue weighted by molar-refractivity contribution is 7.92. The van der Waals surface area contributed by atoms with Crippen LogP contribution in [0.3, 0.4) is 0 Å². The Labute approximate surface area is 136 Å². The Morgan fingerprint density at radius 1 is 1.13 bits per heavy atom. The van der Waals surface area contributed by atoms with Crippen molar-refractivity contribution in [2.75, 3.05) is 5.75 Å². The van der Waals surface area contributed by atoms with Gasteiger partial charge in [0.05, 0.1) is 4.90 Å². The molecule has 1 aromatic rings. The van der Waals surface area contributed by atoms with Crippen LogP contribution >= 0.6 is 0 Å². The first kappa shape index (κ1) is 19.5. The lowest BCUT2D eigenvalue weighted by Crippen LogP contribution is -2.36. The minimum absolute atomic E-state index is 0.138. The Kier molecular flexibility index (Phi) is 7.12. The van der Waals surface area contributed by atoms with E-state index in [0.717, 1.165) is 31.4 Å². The van der Waals surface area contributed by atoms with Crippen LogP contribution in [0.2, 0.25) is 0 Å². The largest absolute Gasteiger partial charge is 0.353 e. The smallest absolute Gasteiger partial charge is 0.235 e. The number of halogens is 2. The number of hydrogen-bond acceptors (Lipinski definition) is 3. The van der Waals surface area contributed by atoms with Crippen molar-refractivity contribution in [2.24, 2.45) is 5.92 Å². The number of benzene rings is 1. The highest BCUT2D eigenvalue weighted by Gasteiger charge is 2.21. The number of nitrogens with one attached hydrogen (secondary N) is 1. The molecule has 0 saturated heterocycles. The van der Waals surface area contributed by atoms with Crippen LogP contribution in [0.5, 0.6) is 0 Å². The Morgan fingerprint density at radius 2 is 1.78 bits per heavy atom. The van der Waals surface area contributed by atoms with Crippen LogP contribution in [-0.2, 0) is 14.6 Å². The van der Waals surface area contributed by atoms with Gasteiger partial charge in [-0.3, -0.25) is 4.79 Å². The van der Waals surface area contributed by atoms with E-state index in [-0.39, 0.29) is 6.04 Å². The van der Waals surface area contributed by atoms with Crippen molar-refractivity contribution in [1.29, 1.82) is 0 Å². The van der Waals surface area contributed by atoms with Gasteiger partial charge in [-0.2, -0.15) is 0 Å². The second kappa shape index (κ2) is 8.38. The van der Waals surface area contributed by atoms with Crippen molar-refractivity contribution in [2.45, 2.75) is 51.0 Å². The van der Waals surface area contributed by atoms with Crippen LogP contribution in [0.1, 0.15) is 40.0 Å². The van der Waals surface area contributed by atoms with E-state index >= 15 is 0 Å². The van der Waals surface area contributed by atoms with Gasteiger partial charge < -0.3 is 5.32 Å². The third-order valence-electron chi connectivity index (χ3n) is 3.40. The Hall–Kier alpha value is -1.50. The predicted octanol–water partition coefficient (Wildman–Crippen LogP) is 3.07. The second-order valence-electron chi connectivity index (χ2n) is 6.13. The van der Waals surface area contributed by atoms with E-state index in [4.69, 9.17) is 0 Å². The average Bonchev–Trinajstić information content (AvgIpc) is 2.40. The molecule has 0 spiro atoms. The molecule has 0 heterocycles. The Bertz CT molecular complexity index is 645. The monoisotopic (exact) mass is 347 g/mol. The minimum Gasteiger partial charge on any atom is -0.353 e. The van der Waals surface area contributed by atoms with Gasteiger partial charge in [0.25, 0.3) is 0 Å². The number of carbonyl (C=O) groups excluding carboxylic acids is 1. The molecule has 4 nitrogen and oxygen atoms in total. The maximum Gasteiger partial charge on any atom is 0.235 e. The zero-order valence-corrected chi connectivity index (χ0v) is 14.4. The molecule has 130 valence electrons. The molecule has 0 aliphatic heterocycles. The second-order valence-corrected chi connectivity index (χ2v) is 8.12. The normalized spacial score (nSPS) is 13.1. The topological polar surface area (TPSA) is 63.2 Å². The third-order valence-corrected chi connectivity index (χ3v) is 5.01. The van der Waals surface area contributed by atoms with Gasteiger partial charge in [-0.15, -0.1) is 0 Å². The van der Waals surface area contributed by atoms with Crippen molar-refractivity contribution < 1.29 is 22.0 Å². The van der Waals surface area contributed by atoms with Crippen molar-refractivity contribution >= 4 is 15.7 Å². The molecule has 0 radical (unpaired) electrons. The number of amides is 1. The molecule has 0 bridgehead atoms. The maximum absolute atomic E-state index is 13.1.